The van der Waals surface area contributed by atoms with Crippen LogP contribution in [0.15, 0.2) is 34.8 Å². The van der Waals surface area contributed by atoms with Gasteiger partial charge in [-0.2, -0.15) is 0 Å². The molecule has 1 aromatic carbocycles. The number of carbonyl (C=O) groups is 1. The lowest BCUT2D eigenvalue weighted by molar-refractivity contribution is 0.105. The van der Waals surface area contributed by atoms with Crippen molar-refractivity contribution in [3.63, 3.8) is 0 Å². The van der Waals surface area contributed by atoms with Crippen LogP contribution in [-0.4, -0.2) is 18.0 Å². The van der Waals surface area contributed by atoms with Gasteiger partial charge in [0, 0.05) is 4.88 Å². The van der Waals surface area contributed by atoms with Gasteiger partial charge in [-0.15, -0.1) is 11.3 Å². The molecule has 0 amide bonds. The van der Waals surface area contributed by atoms with Gasteiger partial charge >= 0.3 is 0 Å². The van der Waals surface area contributed by atoms with E-state index in [1.54, 1.807) is 18.2 Å². The van der Waals surface area contributed by atoms with Crippen molar-refractivity contribution in [2.45, 2.75) is 6.92 Å². The first-order valence-electron chi connectivity index (χ1n) is 5.86. The number of ether oxygens (including phenoxy) is 1. The number of carbonyl (C=O) groups excluding carboxylic acids is 1. The van der Waals surface area contributed by atoms with Crippen molar-refractivity contribution in [1.29, 1.82) is 0 Å². The molecule has 0 unspecified atom stereocenters. The predicted molar refractivity (Wildman–Crippen MR) is 84.8 cm³/mol. The zero-order valence-electron chi connectivity index (χ0n) is 11.0. The van der Waals surface area contributed by atoms with Gasteiger partial charge in [-0.3, -0.25) is 4.79 Å². The van der Waals surface area contributed by atoms with Gasteiger partial charge in [-0.1, -0.05) is 6.08 Å². The molecule has 2 rings (SSSR count). The summed E-state index contributed by atoms with van der Waals surface area (Å²) < 4.78 is 5.59. The highest BCUT2D eigenvalue weighted by Crippen LogP contribution is 2.35. The second kappa shape index (κ2) is 6.24. The number of rotatable bonds is 4. The zero-order chi connectivity index (χ0) is 14.7. The van der Waals surface area contributed by atoms with E-state index < -0.39 is 0 Å². The number of phenolic OH excluding ortho intramolecular Hbond substituents is 1. The van der Waals surface area contributed by atoms with Crippen molar-refractivity contribution in [3.05, 3.63) is 50.1 Å². The van der Waals surface area contributed by atoms with Gasteiger partial charge in [-0.05, 0) is 58.8 Å². The smallest absolute Gasteiger partial charge is 0.195 e. The van der Waals surface area contributed by atoms with E-state index in [0.29, 0.717) is 15.1 Å². The number of aromatic hydroxyl groups is 1. The third kappa shape index (κ3) is 3.29. The number of benzene rings is 1. The van der Waals surface area contributed by atoms with Gasteiger partial charge in [0.2, 0.25) is 0 Å². The summed E-state index contributed by atoms with van der Waals surface area (Å²) in [6.07, 6.45) is 3.22. The van der Waals surface area contributed by atoms with Crippen LogP contribution >= 0.6 is 27.3 Å². The maximum Gasteiger partial charge on any atom is 0.195 e. The molecule has 2 aromatic rings. The summed E-state index contributed by atoms with van der Waals surface area (Å²) in [6.45, 7) is 1.97. The molecule has 0 saturated heterocycles. The molecule has 0 aliphatic carbocycles. The highest BCUT2D eigenvalue weighted by atomic mass is 79.9. The Bertz CT molecular complexity index is 674. The number of aryl methyl sites for hydroxylation is 1. The molecule has 0 spiro atoms. The van der Waals surface area contributed by atoms with Crippen LogP contribution in [0.25, 0.3) is 6.08 Å². The molecule has 0 aliphatic rings. The van der Waals surface area contributed by atoms with E-state index in [4.69, 9.17) is 4.74 Å². The fraction of sp³-hybridized carbons (Fsp3) is 0.133. The third-order valence-electron chi connectivity index (χ3n) is 2.68. The van der Waals surface area contributed by atoms with Crippen molar-refractivity contribution < 1.29 is 14.6 Å². The first-order chi connectivity index (χ1) is 9.51. The standard InChI is InChI=1S/C15H13BrO3S/c1-9-3-6-14(20-9)12(17)5-4-10-7-11(16)15(18)13(8-10)19-2/h3-8,18H,1-2H3/b5-4+. The Hall–Kier alpha value is -1.59. The van der Waals surface area contributed by atoms with E-state index in [1.165, 1.54) is 24.5 Å². The van der Waals surface area contributed by atoms with Gasteiger partial charge in [0.1, 0.15) is 0 Å². The molecular formula is C15H13BrO3S. The summed E-state index contributed by atoms with van der Waals surface area (Å²) >= 11 is 4.72. The summed E-state index contributed by atoms with van der Waals surface area (Å²) in [5, 5.41) is 9.72. The molecule has 0 saturated carbocycles. The maximum atomic E-state index is 12.0. The number of hydrogen-bond donors (Lipinski definition) is 1. The molecule has 0 bridgehead atoms. The van der Waals surface area contributed by atoms with Gasteiger partial charge in [-0.25, -0.2) is 0 Å². The van der Waals surface area contributed by atoms with Crippen LogP contribution in [0.4, 0.5) is 0 Å². The minimum absolute atomic E-state index is 0.0359. The van der Waals surface area contributed by atoms with Crippen molar-refractivity contribution in [1.82, 2.24) is 0 Å². The molecule has 0 fully saturated rings. The monoisotopic (exact) mass is 352 g/mol. The number of methoxy groups -OCH3 is 1. The fourth-order valence-electron chi connectivity index (χ4n) is 1.67. The van der Waals surface area contributed by atoms with Crippen molar-refractivity contribution in [3.8, 4) is 11.5 Å². The number of ketones is 1. The summed E-state index contributed by atoms with van der Waals surface area (Å²) in [5.74, 6) is 0.370. The lowest BCUT2D eigenvalue weighted by Crippen LogP contribution is -1.89. The minimum Gasteiger partial charge on any atom is -0.503 e. The molecule has 3 nitrogen and oxygen atoms in total. The lowest BCUT2D eigenvalue weighted by atomic mass is 10.1. The molecule has 5 heteroatoms. The van der Waals surface area contributed by atoms with E-state index in [-0.39, 0.29) is 11.5 Å². The van der Waals surface area contributed by atoms with Crippen LogP contribution in [0.5, 0.6) is 11.5 Å². The van der Waals surface area contributed by atoms with Crippen LogP contribution < -0.4 is 4.74 Å². The second-order valence-electron chi connectivity index (χ2n) is 4.16. The number of halogens is 1. The van der Waals surface area contributed by atoms with Crippen molar-refractivity contribution >= 4 is 39.1 Å². The number of hydrogen-bond acceptors (Lipinski definition) is 4. The quantitative estimate of drug-likeness (QED) is 0.653. The molecule has 0 aliphatic heterocycles. The Morgan fingerprint density at radius 3 is 2.75 bits per heavy atom. The van der Waals surface area contributed by atoms with Crippen LogP contribution in [0, 0.1) is 6.92 Å². The molecule has 1 N–H and O–H groups in total. The van der Waals surface area contributed by atoms with Crippen LogP contribution in [-0.2, 0) is 0 Å². The Morgan fingerprint density at radius 1 is 1.40 bits per heavy atom. The largest absolute Gasteiger partial charge is 0.503 e. The Morgan fingerprint density at radius 2 is 2.15 bits per heavy atom. The average Bonchev–Trinajstić information content (AvgIpc) is 2.86. The Kier molecular flexibility index (Phi) is 4.62. The van der Waals surface area contributed by atoms with E-state index in [9.17, 15) is 9.90 Å². The zero-order valence-corrected chi connectivity index (χ0v) is 13.4. The predicted octanol–water partition coefficient (Wildman–Crippen LogP) is 4.43. The first-order valence-corrected chi connectivity index (χ1v) is 7.47. The molecule has 0 radical (unpaired) electrons. The molecular weight excluding hydrogens is 340 g/mol. The van der Waals surface area contributed by atoms with Gasteiger partial charge in [0.15, 0.2) is 17.3 Å². The first kappa shape index (κ1) is 14.8. The van der Waals surface area contributed by atoms with E-state index in [1.807, 2.05) is 19.1 Å². The summed E-state index contributed by atoms with van der Waals surface area (Å²) in [7, 11) is 1.48. The molecule has 0 atom stereocenters. The Labute approximate surface area is 129 Å². The number of allylic oxidation sites excluding steroid dienone is 1. The van der Waals surface area contributed by atoms with E-state index >= 15 is 0 Å². The molecule has 1 aromatic heterocycles. The topological polar surface area (TPSA) is 46.5 Å². The number of thiophene rings is 1. The highest BCUT2D eigenvalue weighted by Gasteiger charge is 2.08. The molecule has 1 heterocycles. The molecule has 104 valence electrons. The Balaban J connectivity index is 2.23. The lowest BCUT2D eigenvalue weighted by Gasteiger charge is -2.06. The van der Waals surface area contributed by atoms with Gasteiger partial charge in [0.25, 0.3) is 0 Å². The number of phenols is 1. The highest BCUT2D eigenvalue weighted by molar-refractivity contribution is 9.10. The summed E-state index contributed by atoms with van der Waals surface area (Å²) in [5.41, 5.74) is 0.771. The van der Waals surface area contributed by atoms with Gasteiger partial charge in [0.05, 0.1) is 16.5 Å². The summed E-state index contributed by atoms with van der Waals surface area (Å²) in [6, 6.07) is 7.14. The van der Waals surface area contributed by atoms with Gasteiger partial charge < -0.3 is 9.84 Å². The van der Waals surface area contributed by atoms with Crippen molar-refractivity contribution in [2.75, 3.05) is 7.11 Å². The van der Waals surface area contributed by atoms with E-state index in [2.05, 4.69) is 15.9 Å². The molecule has 20 heavy (non-hydrogen) atoms. The van der Waals surface area contributed by atoms with Crippen LogP contribution in [0.2, 0.25) is 0 Å². The normalized spacial score (nSPS) is 10.9. The maximum absolute atomic E-state index is 12.0. The second-order valence-corrected chi connectivity index (χ2v) is 6.30. The average molecular weight is 353 g/mol. The SMILES string of the molecule is COc1cc(/C=C/C(=O)c2ccc(C)s2)cc(Br)c1O. The van der Waals surface area contributed by atoms with Crippen molar-refractivity contribution in [2.24, 2.45) is 0 Å². The third-order valence-corrected chi connectivity index (χ3v) is 4.30. The van der Waals surface area contributed by atoms with Crippen LogP contribution in [0.3, 0.4) is 0 Å². The fourth-order valence-corrected chi connectivity index (χ4v) is 2.91. The summed E-state index contributed by atoms with van der Waals surface area (Å²) in [4.78, 5) is 13.8. The minimum atomic E-state index is -0.0359. The van der Waals surface area contributed by atoms with E-state index in [0.717, 1.165) is 10.4 Å². The van der Waals surface area contributed by atoms with Crippen LogP contribution in [0.1, 0.15) is 20.1 Å².